The number of nitrogens with two attached hydrogens (primary N) is 1. The lowest BCUT2D eigenvalue weighted by atomic mass is 9.83. The number of hydrogen-bond acceptors (Lipinski definition) is 4. The summed E-state index contributed by atoms with van der Waals surface area (Å²) < 4.78 is 22.4. The van der Waals surface area contributed by atoms with E-state index in [9.17, 15) is 13.2 Å². The molecule has 0 bridgehead atoms. The average Bonchev–Trinajstić information content (AvgIpc) is 2.78. The highest BCUT2D eigenvalue weighted by Crippen LogP contribution is 2.28. The first kappa shape index (κ1) is 14.5. The Labute approximate surface area is 117 Å². The maximum atomic E-state index is 12.1. The molecule has 2 rings (SSSR count). The SMILES string of the molecule is CC1(NC(=O)c2csc(S(N)(=O)=O)c2)CCCCC1. The van der Waals surface area contributed by atoms with Crippen molar-refractivity contribution in [3.05, 3.63) is 17.0 Å². The Morgan fingerprint density at radius 1 is 1.37 bits per heavy atom. The molecule has 19 heavy (non-hydrogen) atoms. The minimum atomic E-state index is -3.73. The van der Waals surface area contributed by atoms with Crippen LogP contribution in [0.2, 0.25) is 0 Å². The Balaban J connectivity index is 2.10. The van der Waals surface area contributed by atoms with Crippen molar-refractivity contribution in [1.29, 1.82) is 0 Å². The zero-order chi connectivity index (χ0) is 14.1. The molecule has 1 aliphatic rings. The Bertz CT molecular complexity index is 572. The molecule has 1 fully saturated rings. The molecule has 0 radical (unpaired) electrons. The molecule has 106 valence electrons. The second-order valence-electron chi connectivity index (χ2n) is 5.27. The zero-order valence-corrected chi connectivity index (χ0v) is 12.4. The summed E-state index contributed by atoms with van der Waals surface area (Å²) in [5.41, 5.74) is 0.180. The van der Waals surface area contributed by atoms with Crippen molar-refractivity contribution in [3.8, 4) is 0 Å². The van der Waals surface area contributed by atoms with Crippen LogP contribution in [0, 0.1) is 0 Å². The molecular formula is C12H18N2O3S2. The molecule has 1 aromatic heterocycles. The van der Waals surface area contributed by atoms with Gasteiger partial charge >= 0.3 is 0 Å². The van der Waals surface area contributed by atoms with Gasteiger partial charge in [0, 0.05) is 10.9 Å². The Hall–Kier alpha value is -0.920. The van der Waals surface area contributed by atoms with Gasteiger partial charge in [0.15, 0.2) is 0 Å². The van der Waals surface area contributed by atoms with E-state index in [1.807, 2.05) is 6.92 Å². The van der Waals surface area contributed by atoms with E-state index in [4.69, 9.17) is 5.14 Å². The smallest absolute Gasteiger partial charge is 0.252 e. The number of nitrogens with one attached hydrogen (secondary N) is 1. The third-order valence-corrected chi connectivity index (χ3v) is 5.88. The fourth-order valence-corrected chi connectivity index (χ4v) is 3.97. The zero-order valence-electron chi connectivity index (χ0n) is 10.8. The van der Waals surface area contributed by atoms with Crippen LogP contribution in [0.25, 0.3) is 0 Å². The second-order valence-corrected chi connectivity index (χ2v) is 7.97. The fourth-order valence-electron chi connectivity index (χ4n) is 2.39. The van der Waals surface area contributed by atoms with E-state index in [0.717, 1.165) is 37.0 Å². The van der Waals surface area contributed by atoms with Crippen LogP contribution in [-0.2, 0) is 10.0 Å². The number of primary sulfonamides is 1. The first-order valence-corrected chi connectivity index (χ1v) is 8.67. The molecule has 0 saturated heterocycles. The third kappa shape index (κ3) is 3.55. The van der Waals surface area contributed by atoms with Crippen molar-refractivity contribution < 1.29 is 13.2 Å². The quantitative estimate of drug-likeness (QED) is 0.893. The summed E-state index contributed by atoms with van der Waals surface area (Å²) in [7, 11) is -3.73. The van der Waals surface area contributed by atoms with Gasteiger partial charge in [-0.05, 0) is 25.8 Å². The van der Waals surface area contributed by atoms with Gasteiger partial charge < -0.3 is 5.32 Å². The molecule has 0 atom stereocenters. The number of hydrogen-bond donors (Lipinski definition) is 2. The van der Waals surface area contributed by atoms with E-state index in [1.54, 1.807) is 0 Å². The molecule has 1 amide bonds. The Morgan fingerprint density at radius 2 is 2.00 bits per heavy atom. The highest BCUT2D eigenvalue weighted by atomic mass is 32.2. The normalized spacial score (nSPS) is 19.1. The van der Waals surface area contributed by atoms with Gasteiger partial charge in [0.1, 0.15) is 4.21 Å². The van der Waals surface area contributed by atoms with Crippen LogP contribution in [0.5, 0.6) is 0 Å². The fraction of sp³-hybridized carbons (Fsp3) is 0.583. The lowest BCUT2D eigenvalue weighted by molar-refractivity contribution is 0.0883. The van der Waals surface area contributed by atoms with E-state index in [1.165, 1.54) is 17.9 Å². The number of amides is 1. The number of carbonyl (C=O) groups is 1. The van der Waals surface area contributed by atoms with Gasteiger partial charge in [0.05, 0.1) is 5.56 Å². The first-order chi connectivity index (χ1) is 8.80. The largest absolute Gasteiger partial charge is 0.347 e. The molecule has 0 aliphatic heterocycles. The minimum absolute atomic E-state index is 0.0199. The van der Waals surface area contributed by atoms with Crippen LogP contribution in [0.3, 0.4) is 0 Å². The lowest BCUT2D eigenvalue weighted by Gasteiger charge is -2.34. The van der Waals surface area contributed by atoms with Crippen LogP contribution in [-0.4, -0.2) is 19.9 Å². The van der Waals surface area contributed by atoms with Crippen molar-refractivity contribution in [2.24, 2.45) is 5.14 Å². The van der Waals surface area contributed by atoms with Gasteiger partial charge in [-0.1, -0.05) is 19.3 Å². The topological polar surface area (TPSA) is 89.3 Å². The maximum absolute atomic E-state index is 12.1. The van der Waals surface area contributed by atoms with Crippen molar-refractivity contribution in [3.63, 3.8) is 0 Å². The maximum Gasteiger partial charge on any atom is 0.252 e. The van der Waals surface area contributed by atoms with Crippen LogP contribution in [0.4, 0.5) is 0 Å². The molecule has 1 saturated carbocycles. The summed E-state index contributed by atoms with van der Waals surface area (Å²) in [6, 6.07) is 1.33. The summed E-state index contributed by atoms with van der Waals surface area (Å²) in [5.74, 6) is -0.226. The van der Waals surface area contributed by atoms with E-state index in [0.29, 0.717) is 5.56 Å². The van der Waals surface area contributed by atoms with Crippen LogP contribution < -0.4 is 10.5 Å². The summed E-state index contributed by atoms with van der Waals surface area (Å²) in [6.07, 6.45) is 5.36. The second kappa shape index (κ2) is 5.22. The van der Waals surface area contributed by atoms with E-state index < -0.39 is 10.0 Å². The van der Waals surface area contributed by atoms with Gasteiger partial charge in [0.25, 0.3) is 5.91 Å². The molecule has 1 aliphatic carbocycles. The van der Waals surface area contributed by atoms with Crippen LogP contribution >= 0.6 is 11.3 Å². The molecule has 3 N–H and O–H groups in total. The lowest BCUT2D eigenvalue weighted by Crippen LogP contribution is -2.47. The van der Waals surface area contributed by atoms with Gasteiger partial charge in [-0.25, -0.2) is 13.6 Å². The number of thiophene rings is 1. The van der Waals surface area contributed by atoms with E-state index in [2.05, 4.69) is 5.32 Å². The molecule has 5 nitrogen and oxygen atoms in total. The van der Waals surface area contributed by atoms with Gasteiger partial charge in [-0.2, -0.15) is 0 Å². The summed E-state index contributed by atoms with van der Waals surface area (Å²) in [5, 5.41) is 9.57. The molecule has 1 aromatic rings. The summed E-state index contributed by atoms with van der Waals surface area (Å²) in [4.78, 5) is 12.1. The highest BCUT2D eigenvalue weighted by molar-refractivity contribution is 7.91. The van der Waals surface area contributed by atoms with E-state index >= 15 is 0 Å². The minimum Gasteiger partial charge on any atom is -0.347 e. The third-order valence-electron chi connectivity index (χ3n) is 3.49. The average molecular weight is 302 g/mol. The predicted octanol–water partition coefficient (Wildman–Crippen LogP) is 1.85. The summed E-state index contributed by atoms with van der Waals surface area (Å²) in [6.45, 7) is 2.04. The standard InChI is InChI=1S/C12H18N2O3S2/c1-12(5-3-2-4-6-12)14-11(15)9-7-10(18-8-9)19(13,16)17/h7-8H,2-6H2,1H3,(H,14,15)(H2,13,16,17). The van der Waals surface area contributed by atoms with Crippen LogP contribution in [0.1, 0.15) is 49.4 Å². The molecule has 1 heterocycles. The monoisotopic (exact) mass is 302 g/mol. The molecule has 0 aromatic carbocycles. The molecule has 0 spiro atoms. The highest BCUT2D eigenvalue weighted by Gasteiger charge is 2.29. The number of carbonyl (C=O) groups excluding carboxylic acids is 1. The molecule has 0 unspecified atom stereocenters. The van der Waals surface area contributed by atoms with Gasteiger partial charge in [-0.15, -0.1) is 11.3 Å². The molecule has 7 heteroatoms. The van der Waals surface area contributed by atoms with E-state index in [-0.39, 0.29) is 15.7 Å². The van der Waals surface area contributed by atoms with Crippen LogP contribution in [0.15, 0.2) is 15.7 Å². The number of rotatable bonds is 3. The summed E-state index contributed by atoms with van der Waals surface area (Å²) >= 11 is 0.972. The Morgan fingerprint density at radius 3 is 2.53 bits per heavy atom. The van der Waals surface area contributed by atoms with Crippen molar-refractivity contribution in [2.45, 2.75) is 48.8 Å². The van der Waals surface area contributed by atoms with Gasteiger partial charge in [-0.3, -0.25) is 4.79 Å². The first-order valence-electron chi connectivity index (χ1n) is 6.24. The molecular weight excluding hydrogens is 284 g/mol. The van der Waals surface area contributed by atoms with Crippen molar-refractivity contribution >= 4 is 27.3 Å². The van der Waals surface area contributed by atoms with Crippen molar-refractivity contribution in [2.75, 3.05) is 0 Å². The van der Waals surface area contributed by atoms with Gasteiger partial charge in [0.2, 0.25) is 10.0 Å². The van der Waals surface area contributed by atoms with Crippen molar-refractivity contribution in [1.82, 2.24) is 5.32 Å². The predicted molar refractivity (Wildman–Crippen MR) is 74.6 cm³/mol. The Kier molecular flexibility index (Phi) is 3.98. The number of sulfonamides is 1.